The number of hydrogen-bond donors (Lipinski definition) is 1. The van der Waals surface area contributed by atoms with Crippen molar-refractivity contribution >= 4 is 10.1 Å². The molecule has 0 saturated heterocycles. The first kappa shape index (κ1) is 44.6. The molecule has 4 nitrogen and oxygen atoms in total. The first-order valence-electron chi connectivity index (χ1n) is 12.4. The molecule has 49 heavy (non-hydrogen) atoms. The van der Waals surface area contributed by atoms with E-state index in [-0.39, 0.29) is 5.56 Å². The van der Waals surface area contributed by atoms with Gasteiger partial charge in [-0.05, 0) is 28.0 Å². The molecule has 0 spiro atoms. The van der Waals surface area contributed by atoms with Crippen LogP contribution in [-0.4, -0.2) is 71.7 Å². The molecule has 1 rings (SSSR count). The summed E-state index contributed by atoms with van der Waals surface area (Å²) in [5.74, 6) is -73.6. The van der Waals surface area contributed by atoms with Crippen molar-refractivity contribution in [3.8, 4) is 5.75 Å². The van der Waals surface area contributed by atoms with E-state index < -0.39 is 91.0 Å². The minimum atomic E-state index is -9.36. The summed E-state index contributed by atoms with van der Waals surface area (Å²) < 4.78 is 313. The van der Waals surface area contributed by atoms with Gasteiger partial charge in [0.2, 0.25) is 0 Å². The maximum atomic E-state index is 14.7. The Morgan fingerprint density at radius 2 is 0.796 bits per heavy atom. The second-order valence-electron chi connectivity index (χ2n) is 12.4. The van der Waals surface area contributed by atoms with Crippen LogP contribution >= 0.6 is 0 Å². The van der Waals surface area contributed by atoms with E-state index in [1.807, 2.05) is 0 Å². The van der Waals surface area contributed by atoms with Crippen LogP contribution in [-0.2, 0) is 20.9 Å². The molecule has 0 bridgehead atoms. The van der Waals surface area contributed by atoms with Gasteiger partial charge in [0.05, 0.1) is 0 Å². The molecule has 1 N–H and O–H groups in total. The standard InChI is InChI=1S/C24H22F20O4S/c1-13(2,3)10-7-8-11(14(4,5)6)12(9-10)48-23(41,42)21(37,38)19(33,34)17(29,30)15(25,26)16(27,28)18(31,32)20(35,36)22(39,40)24(43,44)49(45,46)47/h7-9H,1-6H3,(H,45,46,47). The van der Waals surface area contributed by atoms with Gasteiger partial charge in [0.1, 0.15) is 5.75 Å². The summed E-state index contributed by atoms with van der Waals surface area (Å²) in [5, 5.41) is -8.06. The third kappa shape index (κ3) is 6.25. The van der Waals surface area contributed by atoms with Crippen LogP contribution < -0.4 is 4.74 Å². The normalized spacial score (nSPS) is 16.2. The fourth-order valence-electron chi connectivity index (χ4n) is 3.61. The lowest BCUT2D eigenvalue weighted by Crippen LogP contribution is -2.77. The van der Waals surface area contributed by atoms with Crippen molar-refractivity contribution in [2.45, 2.75) is 111 Å². The molecule has 0 aliphatic heterocycles. The first-order chi connectivity index (χ1) is 20.8. The Hall–Kier alpha value is -2.47. The van der Waals surface area contributed by atoms with Crippen molar-refractivity contribution < 1.29 is 106 Å². The highest BCUT2D eigenvalue weighted by molar-refractivity contribution is 7.87. The van der Waals surface area contributed by atoms with Crippen LogP contribution in [0, 0.1) is 0 Å². The van der Waals surface area contributed by atoms with Gasteiger partial charge >= 0.3 is 68.9 Å². The molecule has 0 atom stereocenters. The highest BCUT2D eigenvalue weighted by atomic mass is 32.2. The number of hydrogen-bond acceptors (Lipinski definition) is 3. The van der Waals surface area contributed by atoms with Gasteiger partial charge in [0.25, 0.3) is 0 Å². The van der Waals surface area contributed by atoms with Gasteiger partial charge in [0.15, 0.2) is 0 Å². The first-order valence-corrected chi connectivity index (χ1v) is 13.8. The van der Waals surface area contributed by atoms with Crippen LogP contribution in [0.1, 0.15) is 52.7 Å². The van der Waals surface area contributed by atoms with Crippen LogP contribution in [0.2, 0.25) is 0 Å². The molecule has 0 unspecified atom stereocenters. The van der Waals surface area contributed by atoms with E-state index in [4.69, 9.17) is 4.55 Å². The largest absolute Gasteiger partial charge is 0.471 e. The summed E-state index contributed by atoms with van der Waals surface area (Å²) in [4.78, 5) is 0. The summed E-state index contributed by atoms with van der Waals surface area (Å²) in [5.41, 5.74) is -3.36. The molecule has 0 heterocycles. The Balaban J connectivity index is 3.95. The molecule has 1 aromatic carbocycles. The molecule has 0 saturated carbocycles. The molecular formula is C24H22F20O4S. The molecule has 0 amide bonds. The van der Waals surface area contributed by atoms with E-state index in [9.17, 15) is 96.2 Å². The van der Waals surface area contributed by atoms with E-state index in [1.54, 1.807) is 0 Å². The maximum absolute atomic E-state index is 14.7. The summed E-state index contributed by atoms with van der Waals surface area (Å²) in [6, 6.07) is 2.43. The fraction of sp³-hybridized carbons (Fsp3) is 0.750. The van der Waals surface area contributed by atoms with Crippen LogP contribution in [0.4, 0.5) is 87.8 Å². The SMILES string of the molecule is CC(C)(C)c1ccc(C(C)(C)C)c(OC(F)(F)C(F)(F)C(F)(F)C(F)(F)C(F)(F)C(F)(F)C(F)(F)C(F)(F)C(F)(F)C(F)(F)S(=O)(=O)O)c1. The minimum Gasteiger partial charge on any atom is -0.428 e. The summed E-state index contributed by atoms with van der Waals surface area (Å²) in [7, 11) is -8.11. The zero-order chi connectivity index (χ0) is 40.1. The lowest BCUT2D eigenvalue weighted by Gasteiger charge is -2.44. The number of benzene rings is 1. The van der Waals surface area contributed by atoms with E-state index >= 15 is 0 Å². The Morgan fingerprint density at radius 3 is 1.08 bits per heavy atom. The van der Waals surface area contributed by atoms with Gasteiger partial charge in [-0.25, -0.2) is 0 Å². The quantitative estimate of drug-likeness (QED) is 0.169. The van der Waals surface area contributed by atoms with Gasteiger partial charge in [-0.2, -0.15) is 96.2 Å². The van der Waals surface area contributed by atoms with Gasteiger partial charge in [0, 0.05) is 0 Å². The third-order valence-electron chi connectivity index (χ3n) is 6.71. The number of ether oxygens (including phenoxy) is 1. The lowest BCUT2D eigenvalue weighted by molar-refractivity contribution is -0.474. The average Bonchev–Trinajstić information content (AvgIpc) is 2.85. The van der Waals surface area contributed by atoms with Crippen molar-refractivity contribution in [3.05, 3.63) is 29.3 Å². The zero-order valence-corrected chi connectivity index (χ0v) is 25.7. The second kappa shape index (κ2) is 11.5. The summed E-state index contributed by atoms with van der Waals surface area (Å²) in [6.07, 6.45) is -7.25. The Kier molecular flexibility index (Phi) is 10.5. The van der Waals surface area contributed by atoms with Gasteiger partial charge in [-0.3, -0.25) is 4.55 Å². The third-order valence-corrected chi connectivity index (χ3v) is 7.61. The molecule has 288 valence electrons. The number of alkyl halides is 20. The number of halogens is 20. The highest BCUT2D eigenvalue weighted by Crippen LogP contribution is 2.66. The fourth-order valence-corrected chi connectivity index (χ4v) is 4.06. The molecular weight excluding hydrogens is 764 g/mol. The smallest absolute Gasteiger partial charge is 0.428 e. The summed E-state index contributed by atoms with van der Waals surface area (Å²) in [6.45, 7) is 7.43. The monoisotopic (exact) mass is 786 g/mol. The average molecular weight is 786 g/mol. The van der Waals surface area contributed by atoms with Crippen molar-refractivity contribution in [2.75, 3.05) is 0 Å². The second-order valence-corrected chi connectivity index (χ2v) is 13.9. The van der Waals surface area contributed by atoms with Crippen molar-refractivity contribution in [1.82, 2.24) is 0 Å². The van der Waals surface area contributed by atoms with Crippen molar-refractivity contribution in [2.24, 2.45) is 0 Å². The molecule has 0 fully saturated rings. The van der Waals surface area contributed by atoms with E-state index in [0.717, 1.165) is 32.9 Å². The Morgan fingerprint density at radius 1 is 0.490 bits per heavy atom. The van der Waals surface area contributed by atoms with Gasteiger partial charge < -0.3 is 4.74 Å². The molecule has 25 heteroatoms. The van der Waals surface area contributed by atoms with Crippen molar-refractivity contribution in [3.63, 3.8) is 0 Å². The van der Waals surface area contributed by atoms with E-state index in [2.05, 4.69) is 4.74 Å². The molecule has 0 aliphatic rings. The zero-order valence-electron chi connectivity index (χ0n) is 24.9. The Bertz CT molecular complexity index is 1500. The molecule has 0 aliphatic carbocycles. The maximum Gasteiger partial charge on any atom is 0.471 e. The highest BCUT2D eigenvalue weighted by Gasteiger charge is 2.98. The van der Waals surface area contributed by atoms with Crippen LogP contribution in [0.25, 0.3) is 0 Å². The molecule has 0 radical (unpaired) electrons. The predicted octanol–water partition coefficient (Wildman–Crippen LogP) is 9.82. The topological polar surface area (TPSA) is 63.6 Å². The van der Waals surface area contributed by atoms with Gasteiger partial charge in [-0.1, -0.05) is 53.7 Å². The minimum absolute atomic E-state index is 0.141. The van der Waals surface area contributed by atoms with E-state index in [1.165, 1.54) is 20.8 Å². The van der Waals surface area contributed by atoms with E-state index in [0.29, 0.717) is 6.07 Å². The molecule has 1 aromatic rings. The molecule has 0 aromatic heterocycles. The van der Waals surface area contributed by atoms with Crippen molar-refractivity contribution in [1.29, 1.82) is 0 Å². The van der Waals surface area contributed by atoms with Crippen LogP contribution in [0.5, 0.6) is 5.75 Å². The number of rotatable bonds is 12. The lowest BCUT2D eigenvalue weighted by atomic mass is 9.81. The Labute approximate surface area is 262 Å². The summed E-state index contributed by atoms with van der Waals surface area (Å²) >= 11 is 0. The predicted molar refractivity (Wildman–Crippen MR) is 125 cm³/mol. The van der Waals surface area contributed by atoms with Gasteiger partial charge in [-0.15, -0.1) is 0 Å². The van der Waals surface area contributed by atoms with Crippen LogP contribution in [0.3, 0.4) is 0 Å². The van der Waals surface area contributed by atoms with Crippen LogP contribution in [0.15, 0.2) is 18.2 Å².